The minimum atomic E-state index is 1.31. The molecule has 0 aliphatic carbocycles. The van der Waals surface area contributed by atoms with Gasteiger partial charge in [-0.05, 0) is 125 Å². The Bertz CT molecular complexity index is 3100. The molecule has 0 fully saturated rings. The minimum absolute atomic E-state index is 1.31. The molecule has 12 aromatic rings. The van der Waals surface area contributed by atoms with Crippen molar-refractivity contribution < 1.29 is 0 Å². The van der Waals surface area contributed by atoms with Gasteiger partial charge in [-0.1, -0.05) is 115 Å². The standard InChI is InChI=1S/C42H20/c1-2-9-24-23(8-1)25-12-5-13-27-31-15-14-22-20-34-28-11-4-7-21-6-3-10-26(35(21)28)30-17-19-32-33-18-16-29(24)41(37(25)27)42(33)40(31)36(22)39(32)38(30)34/h1-20H. The maximum Gasteiger partial charge on any atom is -0.000718 e. The number of fused-ring (bicyclic) bond motifs is 7. The van der Waals surface area contributed by atoms with Gasteiger partial charge in [0.2, 0.25) is 0 Å². The Morgan fingerprint density at radius 2 is 0.571 bits per heavy atom. The maximum atomic E-state index is 2.48. The quantitative estimate of drug-likeness (QED) is 0.137. The monoisotopic (exact) mass is 524 g/mol. The van der Waals surface area contributed by atoms with E-state index in [9.17, 15) is 0 Å². The first-order valence-corrected chi connectivity index (χ1v) is 14.9. The molecule has 0 saturated carbocycles. The highest BCUT2D eigenvalue weighted by atomic mass is 14.3. The lowest BCUT2D eigenvalue weighted by Gasteiger charge is -2.24. The molecule has 0 heterocycles. The summed E-state index contributed by atoms with van der Waals surface area (Å²) in [4.78, 5) is 0. The molecule has 0 unspecified atom stereocenters. The molecule has 0 saturated heterocycles. The first-order valence-electron chi connectivity index (χ1n) is 14.9. The van der Waals surface area contributed by atoms with E-state index in [1.54, 1.807) is 0 Å². The highest BCUT2D eigenvalue weighted by Gasteiger charge is 2.25. The van der Waals surface area contributed by atoms with Gasteiger partial charge < -0.3 is 0 Å². The summed E-state index contributed by atoms with van der Waals surface area (Å²) >= 11 is 0. The Morgan fingerprint density at radius 3 is 1.26 bits per heavy atom. The van der Waals surface area contributed by atoms with Crippen LogP contribution in [0.1, 0.15) is 0 Å². The summed E-state index contributed by atoms with van der Waals surface area (Å²) in [5.74, 6) is 0. The summed E-state index contributed by atoms with van der Waals surface area (Å²) in [5.41, 5.74) is 0. The first kappa shape index (κ1) is 20.4. The van der Waals surface area contributed by atoms with E-state index in [0.29, 0.717) is 0 Å². The molecule has 0 bridgehead atoms. The second kappa shape index (κ2) is 6.54. The predicted octanol–water partition coefficient (Wildman–Crippen LogP) is 12.1. The second-order valence-electron chi connectivity index (χ2n) is 12.3. The molecule has 42 heavy (non-hydrogen) atoms. The van der Waals surface area contributed by atoms with Crippen LogP contribution in [0.4, 0.5) is 0 Å². The van der Waals surface area contributed by atoms with E-state index in [1.807, 2.05) is 0 Å². The molecule has 0 N–H and O–H groups in total. The van der Waals surface area contributed by atoms with Gasteiger partial charge in [0.05, 0.1) is 0 Å². The van der Waals surface area contributed by atoms with E-state index in [-0.39, 0.29) is 0 Å². The topological polar surface area (TPSA) is 0 Å². The molecule has 0 aliphatic heterocycles. The molecule has 0 atom stereocenters. The molecular weight excluding hydrogens is 504 g/mol. The summed E-state index contributed by atoms with van der Waals surface area (Å²) in [6, 6.07) is 46.4. The largest absolute Gasteiger partial charge is 0.0616 e. The van der Waals surface area contributed by atoms with Crippen LogP contribution in [0.25, 0.3) is 118 Å². The van der Waals surface area contributed by atoms with Crippen LogP contribution < -0.4 is 0 Å². The zero-order valence-electron chi connectivity index (χ0n) is 22.5. The van der Waals surface area contributed by atoms with Crippen LogP contribution in [0, 0.1) is 0 Å². The normalized spacial score (nSPS) is 13.2. The van der Waals surface area contributed by atoms with Gasteiger partial charge in [0, 0.05) is 0 Å². The third-order valence-electron chi connectivity index (χ3n) is 10.6. The number of benzene rings is 12. The lowest BCUT2D eigenvalue weighted by molar-refractivity contribution is 1.80. The highest BCUT2D eigenvalue weighted by Crippen LogP contribution is 2.54. The molecule has 0 amide bonds. The van der Waals surface area contributed by atoms with Crippen LogP contribution in [0.2, 0.25) is 0 Å². The van der Waals surface area contributed by atoms with Gasteiger partial charge in [-0.15, -0.1) is 0 Å². The van der Waals surface area contributed by atoms with Gasteiger partial charge in [-0.3, -0.25) is 0 Å². The smallest absolute Gasteiger partial charge is 0.000718 e. The van der Waals surface area contributed by atoms with E-state index in [0.717, 1.165) is 0 Å². The Balaban J connectivity index is 1.48. The summed E-state index contributed by atoms with van der Waals surface area (Å²) in [6.07, 6.45) is 0. The molecular formula is C42H20. The van der Waals surface area contributed by atoms with E-state index in [2.05, 4.69) is 121 Å². The fourth-order valence-electron chi connectivity index (χ4n) is 9.11. The van der Waals surface area contributed by atoms with Crippen LogP contribution in [-0.4, -0.2) is 0 Å². The molecule has 0 spiro atoms. The third kappa shape index (κ3) is 2.02. The Labute approximate surface area is 239 Å². The molecule has 0 nitrogen and oxygen atoms in total. The Morgan fingerprint density at radius 1 is 0.190 bits per heavy atom. The van der Waals surface area contributed by atoms with Crippen molar-refractivity contribution in [2.24, 2.45) is 0 Å². The number of hydrogen-bond donors (Lipinski definition) is 0. The van der Waals surface area contributed by atoms with Gasteiger partial charge in [-0.2, -0.15) is 0 Å². The lowest BCUT2D eigenvalue weighted by atomic mass is 9.78. The van der Waals surface area contributed by atoms with Crippen molar-refractivity contribution in [1.29, 1.82) is 0 Å². The molecule has 0 radical (unpaired) electrons. The summed E-state index contributed by atoms with van der Waals surface area (Å²) in [5, 5.41) is 30.3. The number of hydrogen-bond acceptors (Lipinski definition) is 0. The lowest BCUT2D eigenvalue weighted by Crippen LogP contribution is -1.95. The third-order valence-corrected chi connectivity index (χ3v) is 10.6. The average Bonchev–Trinajstić information content (AvgIpc) is 3.05. The van der Waals surface area contributed by atoms with Crippen LogP contribution in [0.3, 0.4) is 0 Å². The van der Waals surface area contributed by atoms with E-state index < -0.39 is 0 Å². The van der Waals surface area contributed by atoms with Crippen LogP contribution >= 0.6 is 0 Å². The van der Waals surface area contributed by atoms with Crippen LogP contribution in [0.15, 0.2) is 121 Å². The van der Waals surface area contributed by atoms with Crippen molar-refractivity contribution in [2.75, 3.05) is 0 Å². The van der Waals surface area contributed by atoms with Crippen molar-refractivity contribution in [1.82, 2.24) is 0 Å². The second-order valence-corrected chi connectivity index (χ2v) is 12.3. The van der Waals surface area contributed by atoms with Gasteiger partial charge in [0.15, 0.2) is 0 Å². The molecule has 0 heteroatoms. The fraction of sp³-hybridized carbons (Fsp3) is 0. The molecule has 0 aromatic heterocycles. The molecule has 188 valence electrons. The Kier molecular flexibility index (Phi) is 3.18. The first-order chi connectivity index (χ1) is 20.9. The maximum absolute atomic E-state index is 2.48. The summed E-state index contributed by atoms with van der Waals surface area (Å²) in [6.45, 7) is 0. The predicted molar refractivity (Wildman–Crippen MR) is 184 cm³/mol. The van der Waals surface area contributed by atoms with Crippen LogP contribution in [0.5, 0.6) is 0 Å². The van der Waals surface area contributed by atoms with Crippen molar-refractivity contribution in [2.45, 2.75) is 0 Å². The Hall–Kier alpha value is -5.46. The van der Waals surface area contributed by atoms with Gasteiger partial charge in [0.25, 0.3) is 0 Å². The van der Waals surface area contributed by atoms with E-state index >= 15 is 0 Å². The SMILES string of the molecule is c1ccc2c(c1)c1cccc3c4ccc5cc6c7cccc8cccc(c9ccc%10c%11ccc2c(c13)c%11c4c5c%10c96)c87. The molecule has 12 rings (SSSR count). The zero-order valence-corrected chi connectivity index (χ0v) is 22.5. The molecule has 0 aliphatic rings. The van der Waals surface area contributed by atoms with E-state index in [1.165, 1.54) is 118 Å². The van der Waals surface area contributed by atoms with Gasteiger partial charge in [-0.25, -0.2) is 0 Å². The summed E-state index contributed by atoms with van der Waals surface area (Å²) < 4.78 is 0. The molecule has 12 aromatic carbocycles. The zero-order chi connectivity index (χ0) is 26.8. The minimum Gasteiger partial charge on any atom is -0.0616 e. The van der Waals surface area contributed by atoms with Crippen molar-refractivity contribution in [3.8, 4) is 0 Å². The summed E-state index contributed by atoms with van der Waals surface area (Å²) in [7, 11) is 0. The van der Waals surface area contributed by atoms with Crippen molar-refractivity contribution >= 4 is 118 Å². The average molecular weight is 525 g/mol. The fourth-order valence-corrected chi connectivity index (χ4v) is 9.11. The highest BCUT2D eigenvalue weighted by molar-refractivity contribution is 6.52. The number of rotatable bonds is 0. The van der Waals surface area contributed by atoms with Crippen molar-refractivity contribution in [3.05, 3.63) is 121 Å². The van der Waals surface area contributed by atoms with Crippen molar-refractivity contribution in [3.63, 3.8) is 0 Å². The van der Waals surface area contributed by atoms with Gasteiger partial charge in [0.1, 0.15) is 0 Å². The van der Waals surface area contributed by atoms with Gasteiger partial charge >= 0.3 is 0 Å². The van der Waals surface area contributed by atoms with Crippen LogP contribution in [-0.2, 0) is 0 Å². The van der Waals surface area contributed by atoms with E-state index in [4.69, 9.17) is 0 Å².